The fourth-order valence-corrected chi connectivity index (χ4v) is 2.65. The van der Waals surface area contributed by atoms with Gasteiger partial charge in [-0.2, -0.15) is 0 Å². The van der Waals surface area contributed by atoms with Crippen LogP contribution in [0.15, 0.2) is 78.9 Å². The molecular formula is C23H20O5. The van der Waals surface area contributed by atoms with E-state index < -0.39 is 5.97 Å². The van der Waals surface area contributed by atoms with Gasteiger partial charge >= 0.3 is 5.97 Å². The molecular weight excluding hydrogens is 356 g/mol. The minimum absolute atomic E-state index is 0.0682. The number of carbonyl (C=O) groups excluding carboxylic acids is 2. The lowest BCUT2D eigenvalue weighted by atomic mass is 9.98. The van der Waals surface area contributed by atoms with Crippen molar-refractivity contribution in [2.24, 2.45) is 0 Å². The Morgan fingerprint density at radius 2 is 1.32 bits per heavy atom. The summed E-state index contributed by atoms with van der Waals surface area (Å²) in [5, 5.41) is 0. The highest BCUT2D eigenvalue weighted by molar-refractivity contribution is 6.14. The third kappa shape index (κ3) is 4.76. The predicted octanol–water partition coefficient (Wildman–Crippen LogP) is 4.16. The Bertz CT molecular complexity index is 933. The third-order valence-corrected chi connectivity index (χ3v) is 4.07. The second-order valence-corrected chi connectivity index (χ2v) is 5.90. The SMILES string of the molecule is COc1ccc(OCCOC(=O)c2ccccc2C(=O)c2ccccc2)cc1. The molecule has 0 N–H and O–H groups in total. The predicted molar refractivity (Wildman–Crippen MR) is 105 cm³/mol. The van der Waals surface area contributed by atoms with E-state index in [0.717, 1.165) is 5.75 Å². The monoisotopic (exact) mass is 376 g/mol. The van der Waals surface area contributed by atoms with E-state index in [9.17, 15) is 9.59 Å². The minimum atomic E-state index is -0.557. The summed E-state index contributed by atoms with van der Waals surface area (Å²) in [6.07, 6.45) is 0. The van der Waals surface area contributed by atoms with Crippen LogP contribution in [0.5, 0.6) is 11.5 Å². The topological polar surface area (TPSA) is 61.8 Å². The Hall–Kier alpha value is -3.60. The van der Waals surface area contributed by atoms with Crippen molar-refractivity contribution in [2.75, 3.05) is 20.3 Å². The lowest BCUT2D eigenvalue weighted by Crippen LogP contribution is -2.16. The minimum Gasteiger partial charge on any atom is -0.497 e. The summed E-state index contributed by atoms with van der Waals surface area (Å²) in [4.78, 5) is 25.1. The van der Waals surface area contributed by atoms with Crippen molar-refractivity contribution in [3.8, 4) is 11.5 Å². The first-order valence-electron chi connectivity index (χ1n) is 8.82. The number of hydrogen-bond acceptors (Lipinski definition) is 5. The number of ketones is 1. The molecule has 3 aromatic carbocycles. The van der Waals surface area contributed by atoms with Crippen LogP contribution in [0.4, 0.5) is 0 Å². The zero-order valence-electron chi connectivity index (χ0n) is 15.5. The molecule has 0 heterocycles. The number of ether oxygens (including phenoxy) is 3. The maximum absolute atomic E-state index is 12.7. The van der Waals surface area contributed by atoms with E-state index in [1.165, 1.54) is 0 Å². The van der Waals surface area contributed by atoms with E-state index in [-0.39, 0.29) is 24.6 Å². The van der Waals surface area contributed by atoms with Crippen LogP contribution in [0.25, 0.3) is 0 Å². The van der Waals surface area contributed by atoms with Crippen molar-refractivity contribution in [3.05, 3.63) is 95.6 Å². The Kier molecular flexibility index (Phi) is 6.41. The molecule has 0 spiro atoms. The standard InChI is InChI=1S/C23H20O5/c1-26-18-11-13-19(14-12-18)27-15-16-28-23(25)21-10-6-5-9-20(21)22(24)17-7-3-2-4-8-17/h2-14H,15-16H2,1H3. The van der Waals surface area contributed by atoms with E-state index in [0.29, 0.717) is 16.9 Å². The van der Waals surface area contributed by atoms with Crippen LogP contribution < -0.4 is 9.47 Å². The van der Waals surface area contributed by atoms with Gasteiger partial charge in [0.25, 0.3) is 0 Å². The van der Waals surface area contributed by atoms with Gasteiger partial charge in [0.1, 0.15) is 24.7 Å². The molecule has 0 saturated heterocycles. The summed E-state index contributed by atoms with van der Waals surface area (Å²) >= 11 is 0. The van der Waals surface area contributed by atoms with Gasteiger partial charge in [-0.1, -0.05) is 48.5 Å². The molecule has 0 fully saturated rings. The zero-order valence-corrected chi connectivity index (χ0v) is 15.5. The number of hydrogen-bond donors (Lipinski definition) is 0. The number of benzene rings is 3. The summed E-state index contributed by atoms with van der Waals surface area (Å²) in [5.41, 5.74) is 1.07. The number of methoxy groups -OCH3 is 1. The lowest BCUT2D eigenvalue weighted by molar-refractivity contribution is 0.0448. The van der Waals surface area contributed by atoms with Crippen LogP contribution in [0.1, 0.15) is 26.3 Å². The fourth-order valence-electron chi connectivity index (χ4n) is 2.65. The summed E-state index contributed by atoms with van der Waals surface area (Å²) in [6, 6.07) is 22.6. The van der Waals surface area contributed by atoms with Gasteiger partial charge in [-0.3, -0.25) is 4.79 Å². The first-order valence-corrected chi connectivity index (χ1v) is 8.82. The van der Waals surface area contributed by atoms with Crippen molar-refractivity contribution in [2.45, 2.75) is 0 Å². The highest BCUT2D eigenvalue weighted by atomic mass is 16.6. The molecule has 5 heteroatoms. The van der Waals surface area contributed by atoms with Crippen molar-refractivity contribution in [3.63, 3.8) is 0 Å². The van der Waals surface area contributed by atoms with E-state index in [1.54, 1.807) is 79.9 Å². The maximum Gasteiger partial charge on any atom is 0.339 e. The van der Waals surface area contributed by atoms with Crippen LogP contribution in [0.2, 0.25) is 0 Å². The van der Waals surface area contributed by atoms with Gasteiger partial charge in [0.2, 0.25) is 0 Å². The van der Waals surface area contributed by atoms with Gasteiger partial charge in [-0.15, -0.1) is 0 Å². The normalized spacial score (nSPS) is 10.2. The van der Waals surface area contributed by atoms with Crippen molar-refractivity contribution in [1.29, 1.82) is 0 Å². The van der Waals surface area contributed by atoms with Gasteiger partial charge < -0.3 is 14.2 Å². The van der Waals surface area contributed by atoms with Gasteiger partial charge in [0.05, 0.1) is 12.7 Å². The molecule has 0 unspecified atom stereocenters. The van der Waals surface area contributed by atoms with Crippen LogP contribution in [0.3, 0.4) is 0 Å². The number of carbonyl (C=O) groups is 2. The average molecular weight is 376 g/mol. The van der Waals surface area contributed by atoms with E-state index >= 15 is 0 Å². The molecule has 28 heavy (non-hydrogen) atoms. The van der Waals surface area contributed by atoms with Crippen molar-refractivity contribution in [1.82, 2.24) is 0 Å². The molecule has 0 bridgehead atoms. The number of rotatable bonds is 8. The van der Waals surface area contributed by atoms with Gasteiger partial charge in [0, 0.05) is 11.1 Å². The van der Waals surface area contributed by atoms with Crippen LogP contribution in [-0.4, -0.2) is 32.1 Å². The fraction of sp³-hybridized carbons (Fsp3) is 0.130. The maximum atomic E-state index is 12.7. The molecule has 0 atom stereocenters. The first-order chi connectivity index (χ1) is 13.7. The van der Waals surface area contributed by atoms with E-state index in [1.807, 2.05) is 6.07 Å². The Balaban J connectivity index is 1.59. The van der Waals surface area contributed by atoms with Crippen molar-refractivity contribution < 1.29 is 23.8 Å². The van der Waals surface area contributed by atoms with E-state index in [2.05, 4.69) is 0 Å². The molecule has 0 aromatic heterocycles. The first kappa shape index (κ1) is 19.2. The highest BCUT2D eigenvalue weighted by Gasteiger charge is 2.18. The molecule has 0 saturated carbocycles. The summed E-state index contributed by atoms with van der Waals surface area (Å²) in [5.74, 6) is 0.607. The Labute approximate surface area is 163 Å². The van der Waals surface area contributed by atoms with Crippen LogP contribution in [-0.2, 0) is 4.74 Å². The molecule has 3 aromatic rings. The van der Waals surface area contributed by atoms with E-state index in [4.69, 9.17) is 14.2 Å². The van der Waals surface area contributed by atoms with Crippen molar-refractivity contribution >= 4 is 11.8 Å². The molecule has 3 rings (SSSR count). The largest absolute Gasteiger partial charge is 0.497 e. The highest BCUT2D eigenvalue weighted by Crippen LogP contribution is 2.18. The second kappa shape index (κ2) is 9.37. The van der Waals surface area contributed by atoms with Crippen LogP contribution in [0, 0.1) is 0 Å². The second-order valence-electron chi connectivity index (χ2n) is 5.90. The lowest BCUT2D eigenvalue weighted by Gasteiger charge is -2.10. The van der Waals surface area contributed by atoms with Crippen LogP contribution >= 0.6 is 0 Å². The zero-order chi connectivity index (χ0) is 19.8. The summed E-state index contributed by atoms with van der Waals surface area (Å²) in [7, 11) is 1.59. The molecule has 0 aliphatic carbocycles. The summed E-state index contributed by atoms with van der Waals surface area (Å²) in [6.45, 7) is 0.269. The van der Waals surface area contributed by atoms with Gasteiger partial charge in [-0.05, 0) is 30.3 Å². The van der Waals surface area contributed by atoms with Gasteiger partial charge in [-0.25, -0.2) is 4.79 Å². The molecule has 0 aliphatic heterocycles. The molecule has 0 amide bonds. The molecule has 0 aliphatic rings. The smallest absolute Gasteiger partial charge is 0.339 e. The molecule has 0 radical (unpaired) electrons. The quantitative estimate of drug-likeness (QED) is 0.336. The average Bonchev–Trinajstić information content (AvgIpc) is 2.77. The molecule has 5 nitrogen and oxygen atoms in total. The van der Waals surface area contributed by atoms with Gasteiger partial charge in [0.15, 0.2) is 5.78 Å². The third-order valence-electron chi connectivity index (χ3n) is 4.07. The Morgan fingerprint density at radius 3 is 2.00 bits per heavy atom. The number of esters is 1. The summed E-state index contributed by atoms with van der Waals surface area (Å²) < 4.78 is 15.9. The molecule has 142 valence electrons. The Morgan fingerprint density at radius 1 is 0.714 bits per heavy atom.